The van der Waals surface area contributed by atoms with Gasteiger partial charge < -0.3 is 4.90 Å². The first-order chi connectivity index (χ1) is 16.5. The van der Waals surface area contributed by atoms with Crippen molar-refractivity contribution in [2.45, 2.75) is 47.6 Å². The molecule has 2 heterocycles. The first-order valence-electron chi connectivity index (χ1n) is 11.7. The molecule has 35 heavy (non-hydrogen) atoms. The number of nitrogens with zero attached hydrogens (tertiary/aromatic N) is 3. The molecule has 0 N–H and O–H groups in total. The summed E-state index contributed by atoms with van der Waals surface area (Å²) in [6, 6.07) is 11.7. The maximum atomic E-state index is 13.9. The fourth-order valence-corrected chi connectivity index (χ4v) is 5.93. The highest BCUT2D eigenvalue weighted by molar-refractivity contribution is 7.20. The van der Waals surface area contributed by atoms with Crippen LogP contribution in [0.15, 0.2) is 46.0 Å². The Morgan fingerprint density at radius 2 is 1.57 bits per heavy atom. The van der Waals surface area contributed by atoms with Crippen molar-refractivity contribution in [3.63, 3.8) is 0 Å². The van der Waals surface area contributed by atoms with Gasteiger partial charge in [-0.15, -0.1) is 11.3 Å². The third kappa shape index (κ3) is 4.25. The quantitative estimate of drug-likeness (QED) is 0.406. The Bertz CT molecular complexity index is 1550. The summed E-state index contributed by atoms with van der Waals surface area (Å²) in [5.74, 6) is -0.177. The van der Waals surface area contributed by atoms with Crippen LogP contribution in [-0.4, -0.2) is 34.0 Å². The molecule has 0 radical (unpaired) electrons. The zero-order valence-corrected chi connectivity index (χ0v) is 22.2. The lowest BCUT2D eigenvalue weighted by molar-refractivity contribution is 0.0831. The molecular weight excluding hydrogens is 458 g/mol. The molecule has 0 aliphatic rings. The van der Waals surface area contributed by atoms with Crippen molar-refractivity contribution in [1.82, 2.24) is 14.0 Å². The van der Waals surface area contributed by atoms with E-state index in [1.807, 2.05) is 38.1 Å². The number of carbonyl (C=O) groups excluding carboxylic acids is 1. The van der Waals surface area contributed by atoms with Gasteiger partial charge in [0.15, 0.2) is 0 Å². The van der Waals surface area contributed by atoms with E-state index >= 15 is 0 Å². The van der Waals surface area contributed by atoms with Gasteiger partial charge in [-0.1, -0.05) is 36.8 Å². The normalized spacial score (nSPS) is 11.3. The molecule has 2 aromatic carbocycles. The number of thiophene rings is 1. The topological polar surface area (TPSA) is 64.3 Å². The van der Waals surface area contributed by atoms with Gasteiger partial charge in [-0.2, -0.15) is 0 Å². The number of hydrogen-bond donors (Lipinski definition) is 0. The summed E-state index contributed by atoms with van der Waals surface area (Å²) in [6.45, 7) is 10.3. The zero-order chi connectivity index (χ0) is 25.6. The fraction of sp³-hybridized carbons (Fsp3) is 0.321. The summed E-state index contributed by atoms with van der Waals surface area (Å²) < 4.78 is 2.89. The summed E-state index contributed by atoms with van der Waals surface area (Å²) in [6.07, 6.45) is 0.865. The molecule has 0 unspecified atom stereocenters. The maximum absolute atomic E-state index is 13.9. The number of benzene rings is 2. The average molecular weight is 490 g/mol. The molecule has 0 aliphatic heterocycles. The maximum Gasteiger partial charge on any atom is 0.337 e. The van der Waals surface area contributed by atoms with Crippen LogP contribution in [0.1, 0.15) is 50.0 Å². The number of carbonyl (C=O) groups is 1. The van der Waals surface area contributed by atoms with Gasteiger partial charge >= 0.3 is 5.69 Å². The molecule has 0 fully saturated rings. The molecule has 0 atom stereocenters. The number of aryl methyl sites for hydroxylation is 5. The lowest BCUT2D eigenvalue weighted by Crippen LogP contribution is -2.39. The third-order valence-corrected chi connectivity index (χ3v) is 7.88. The van der Waals surface area contributed by atoms with E-state index in [-0.39, 0.29) is 5.91 Å². The molecule has 0 saturated carbocycles. The average Bonchev–Trinajstić information content (AvgIpc) is 3.15. The van der Waals surface area contributed by atoms with Crippen molar-refractivity contribution in [2.75, 3.05) is 14.1 Å². The summed E-state index contributed by atoms with van der Waals surface area (Å²) in [7, 11) is 3.37. The molecule has 7 heteroatoms. The Balaban J connectivity index is 2.08. The SMILES string of the molecule is CCc1ccc(-n2c(=O)c3c(C)c(C(=O)N(C)C)sc3n(Cc3c(C)cc(C)cc3C)c2=O)cc1. The van der Waals surface area contributed by atoms with E-state index in [1.165, 1.54) is 20.8 Å². The minimum absolute atomic E-state index is 0.177. The van der Waals surface area contributed by atoms with Gasteiger partial charge in [-0.25, -0.2) is 9.36 Å². The van der Waals surface area contributed by atoms with E-state index in [0.29, 0.717) is 32.9 Å². The number of aromatic nitrogens is 2. The minimum atomic E-state index is -0.406. The monoisotopic (exact) mass is 489 g/mol. The second-order valence-electron chi connectivity index (χ2n) is 9.34. The summed E-state index contributed by atoms with van der Waals surface area (Å²) in [5.41, 5.74) is 5.83. The smallest absolute Gasteiger partial charge is 0.337 e. The summed E-state index contributed by atoms with van der Waals surface area (Å²) in [4.78, 5) is 43.1. The molecule has 4 rings (SSSR count). The van der Waals surface area contributed by atoms with Crippen molar-refractivity contribution in [3.8, 4) is 5.69 Å². The first-order valence-corrected chi connectivity index (χ1v) is 12.5. The molecule has 0 bridgehead atoms. The lowest BCUT2D eigenvalue weighted by atomic mass is 10.00. The highest BCUT2D eigenvalue weighted by Gasteiger charge is 2.25. The molecule has 0 aliphatic carbocycles. The van der Waals surface area contributed by atoms with Crippen LogP contribution in [0.5, 0.6) is 0 Å². The standard InChI is InChI=1S/C28H31N3O3S/c1-8-20-9-11-21(12-10-20)31-25(32)23-19(5)24(26(33)29(6)7)35-27(23)30(28(31)34)15-22-17(3)13-16(2)14-18(22)4/h9-14H,8,15H2,1-7H3. The summed E-state index contributed by atoms with van der Waals surface area (Å²) >= 11 is 1.22. The Kier molecular flexibility index (Phi) is 6.56. The van der Waals surface area contributed by atoms with Gasteiger partial charge in [0.2, 0.25) is 0 Å². The summed E-state index contributed by atoms with van der Waals surface area (Å²) in [5, 5.41) is 0.418. The van der Waals surface area contributed by atoms with Crippen LogP contribution in [0.3, 0.4) is 0 Å². The number of rotatable bonds is 5. The highest BCUT2D eigenvalue weighted by Crippen LogP contribution is 2.30. The van der Waals surface area contributed by atoms with Crippen LogP contribution >= 0.6 is 11.3 Å². The van der Waals surface area contributed by atoms with Crippen LogP contribution < -0.4 is 11.2 Å². The van der Waals surface area contributed by atoms with E-state index in [4.69, 9.17) is 0 Å². The largest absolute Gasteiger partial charge is 0.344 e. The van der Waals surface area contributed by atoms with Crippen molar-refractivity contribution >= 4 is 27.5 Å². The minimum Gasteiger partial charge on any atom is -0.344 e. The van der Waals surface area contributed by atoms with E-state index < -0.39 is 11.2 Å². The number of hydrogen-bond acceptors (Lipinski definition) is 4. The van der Waals surface area contributed by atoms with Gasteiger partial charge in [-0.05, 0) is 74.1 Å². The molecule has 4 aromatic rings. The Morgan fingerprint density at radius 1 is 0.971 bits per heavy atom. The van der Waals surface area contributed by atoms with Gasteiger partial charge in [0.25, 0.3) is 11.5 Å². The number of amides is 1. The lowest BCUT2D eigenvalue weighted by Gasteiger charge is -2.16. The van der Waals surface area contributed by atoms with Crippen LogP contribution in [0, 0.1) is 27.7 Å². The zero-order valence-electron chi connectivity index (χ0n) is 21.4. The second-order valence-corrected chi connectivity index (χ2v) is 10.3. The first kappa shape index (κ1) is 24.7. The molecule has 2 aromatic heterocycles. The molecule has 6 nitrogen and oxygen atoms in total. The van der Waals surface area contributed by atoms with Crippen molar-refractivity contribution in [2.24, 2.45) is 0 Å². The van der Waals surface area contributed by atoms with Gasteiger partial charge in [-0.3, -0.25) is 14.2 Å². The van der Waals surface area contributed by atoms with Gasteiger partial charge in [0.1, 0.15) is 4.83 Å². The molecule has 0 spiro atoms. The fourth-order valence-electron chi connectivity index (χ4n) is 4.62. The highest BCUT2D eigenvalue weighted by atomic mass is 32.1. The van der Waals surface area contributed by atoms with Gasteiger partial charge in [0.05, 0.1) is 22.5 Å². The van der Waals surface area contributed by atoms with Crippen molar-refractivity contribution in [3.05, 3.63) is 95.5 Å². The van der Waals surface area contributed by atoms with E-state index in [2.05, 4.69) is 26.0 Å². The Hall–Kier alpha value is -3.45. The molecule has 1 amide bonds. The van der Waals surface area contributed by atoms with E-state index in [0.717, 1.165) is 34.2 Å². The van der Waals surface area contributed by atoms with Crippen molar-refractivity contribution < 1.29 is 4.79 Å². The third-order valence-electron chi connectivity index (χ3n) is 6.57. The predicted molar refractivity (Wildman–Crippen MR) is 144 cm³/mol. The van der Waals surface area contributed by atoms with E-state index in [9.17, 15) is 14.4 Å². The molecule has 182 valence electrons. The Labute approximate surface area is 209 Å². The molecule has 0 saturated heterocycles. The predicted octanol–water partition coefficient (Wildman–Crippen LogP) is 4.76. The van der Waals surface area contributed by atoms with Crippen LogP contribution in [0.4, 0.5) is 0 Å². The van der Waals surface area contributed by atoms with Crippen LogP contribution in [-0.2, 0) is 13.0 Å². The second kappa shape index (κ2) is 9.30. The van der Waals surface area contributed by atoms with Crippen LogP contribution in [0.2, 0.25) is 0 Å². The van der Waals surface area contributed by atoms with Crippen molar-refractivity contribution in [1.29, 1.82) is 0 Å². The van der Waals surface area contributed by atoms with Gasteiger partial charge in [0, 0.05) is 14.1 Å². The molecular formula is C28H31N3O3S. The number of fused-ring (bicyclic) bond motifs is 1. The Morgan fingerprint density at radius 3 is 2.11 bits per heavy atom. The van der Waals surface area contributed by atoms with E-state index in [1.54, 1.807) is 25.6 Å². The van der Waals surface area contributed by atoms with Crippen LogP contribution in [0.25, 0.3) is 15.9 Å².